The number of hydrogen-bond acceptors (Lipinski definition) is 6. The lowest BCUT2D eigenvalue weighted by atomic mass is 9.98. The van der Waals surface area contributed by atoms with Crippen molar-refractivity contribution in [1.82, 2.24) is 9.80 Å². The van der Waals surface area contributed by atoms with Crippen molar-refractivity contribution in [2.45, 2.75) is 51.4 Å². The zero-order valence-electron chi connectivity index (χ0n) is 19.5. The van der Waals surface area contributed by atoms with Crippen molar-refractivity contribution in [2.75, 3.05) is 52.3 Å². The fourth-order valence-electron chi connectivity index (χ4n) is 4.45. The van der Waals surface area contributed by atoms with E-state index >= 15 is 0 Å². The van der Waals surface area contributed by atoms with Gasteiger partial charge in [0.05, 0.1) is 12.5 Å². The molecular formula is C24H37N3O5. The molecule has 8 heteroatoms. The highest BCUT2D eigenvalue weighted by Gasteiger charge is 2.32. The lowest BCUT2D eigenvalue weighted by molar-refractivity contribution is -0.149. The van der Waals surface area contributed by atoms with Crippen LogP contribution in [0.4, 0.5) is 10.5 Å². The summed E-state index contributed by atoms with van der Waals surface area (Å²) in [6, 6.07) is 8.72. The summed E-state index contributed by atoms with van der Waals surface area (Å²) in [4.78, 5) is 28.8. The quantitative estimate of drug-likeness (QED) is 0.487. The number of piperidine rings is 2. The van der Waals surface area contributed by atoms with Crippen molar-refractivity contribution in [1.29, 1.82) is 0 Å². The van der Waals surface area contributed by atoms with E-state index in [4.69, 9.17) is 14.2 Å². The summed E-state index contributed by atoms with van der Waals surface area (Å²) in [7, 11) is 3.29. The van der Waals surface area contributed by atoms with Crippen LogP contribution in [0.2, 0.25) is 0 Å². The van der Waals surface area contributed by atoms with Gasteiger partial charge in [-0.3, -0.25) is 4.79 Å². The second-order valence-corrected chi connectivity index (χ2v) is 8.53. The van der Waals surface area contributed by atoms with Gasteiger partial charge in [0.2, 0.25) is 0 Å². The van der Waals surface area contributed by atoms with Crippen LogP contribution in [0.3, 0.4) is 0 Å². The molecule has 2 amide bonds. The first kappa shape index (κ1) is 24.3. The van der Waals surface area contributed by atoms with Crippen LogP contribution in [0.25, 0.3) is 0 Å². The van der Waals surface area contributed by atoms with E-state index in [0.29, 0.717) is 32.2 Å². The van der Waals surface area contributed by atoms with Crippen molar-refractivity contribution in [3.63, 3.8) is 0 Å². The molecule has 0 saturated carbocycles. The largest absolute Gasteiger partial charge is 0.466 e. The molecule has 2 heterocycles. The summed E-state index contributed by atoms with van der Waals surface area (Å²) in [5, 5.41) is 3.59. The van der Waals surface area contributed by atoms with Gasteiger partial charge >= 0.3 is 12.0 Å². The molecule has 2 fully saturated rings. The Bertz CT molecular complexity index is 730. The number of anilines is 1. The van der Waals surface area contributed by atoms with Crippen LogP contribution in [0.5, 0.6) is 0 Å². The molecule has 1 aromatic rings. The third-order valence-electron chi connectivity index (χ3n) is 6.33. The summed E-state index contributed by atoms with van der Waals surface area (Å²) < 4.78 is 15.7. The molecule has 0 spiro atoms. The molecule has 0 radical (unpaired) electrons. The Labute approximate surface area is 191 Å². The van der Waals surface area contributed by atoms with E-state index in [9.17, 15) is 9.59 Å². The average Bonchev–Trinajstić information content (AvgIpc) is 2.84. The zero-order valence-corrected chi connectivity index (χ0v) is 19.5. The highest BCUT2D eigenvalue weighted by molar-refractivity contribution is 5.77. The number of nitrogens with one attached hydrogen (secondary N) is 1. The number of esters is 1. The summed E-state index contributed by atoms with van der Waals surface area (Å²) in [6.45, 7) is 4.82. The molecule has 1 N–H and O–H groups in total. The van der Waals surface area contributed by atoms with Gasteiger partial charge in [0.1, 0.15) is 0 Å². The van der Waals surface area contributed by atoms with E-state index in [0.717, 1.165) is 50.0 Å². The normalized spacial score (nSPS) is 19.8. The predicted molar refractivity (Wildman–Crippen MR) is 122 cm³/mol. The minimum atomic E-state index is -0.233. The number of carbonyl (C=O) groups excluding carboxylic acids is 2. The third kappa shape index (κ3) is 6.59. The second kappa shape index (κ2) is 12.1. The van der Waals surface area contributed by atoms with Gasteiger partial charge in [0.15, 0.2) is 6.29 Å². The van der Waals surface area contributed by atoms with Gasteiger partial charge in [-0.15, -0.1) is 0 Å². The summed E-state index contributed by atoms with van der Waals surface area (Å²) in [5.74, 6) is -0.378. The molecule has 1 atom stereocenters. The topological polar surface area (TPSA) is 80.3 Å². The lowest BCUT2D eigenvalue weighted by Gasteiger charge is -2.39. The van der Waals surface area contributed by atoms with Crippen LogP contribution in [-0.4, -0.2) is 81.1 Å². The number of urea groups is 1. The maximum atomic E-state index is 13.0. The number of rotatable bonds is 8. The van der Waals surface area contributed by atoms with Crippen LogP contribution >= 0.6 is 0 Å². The first-order valence-corrected chi connectivity index (χ1v) is 11.7. The van der Waals surface area contributed by atoms with Crippen LogP contribution in [0.1, 0.15) is 38.2 Å². The Hall–Kier alpha value is -2.32. The fraction of sp³-hybridized carbons (Fsp3) is 0.667. The number of amides is 2. The van der Waals surface area contributed by atoms with E-state index in [1.807, 2.05) is 16.7 Å². The number of hydrogen-bond donors (Lipinski definition) is 1. The number of benzene rings is 1. The molecule has 0 aromatic heterocycles. The number of likely N-dealkylation sites (tertiary alicyclic amines) is 2. The van der Waals surface area contributed by atoms with Gasteiger partial charge in [-0.25, -0.2) is 4.79 Å². The molecule has 178 valence electrons. The SMILES string of the molecule is CCOC(=O)C1CCCN(C(=O)N2CCC(Nc3ccc(CC(OC)OC)cc3)CC2)C1. The molecule has 0 aliphatic carbocycles. The van der Waals surface area contributed by atoms with E-state index in [-0.39, 0.29) is 24.2 Å². The fourth-order valence-corrected chi connectivity index (χ4v) is 4.45. The number of methoxy groups -OCH3 is 2. The molecule has 0 bridgehead atoms. The molecule has 8 nitrogen and oxygen atoms in total. The number of carbonyl (C=O) groups is 2. The van der Waals surface area contributed by atoms with E-state index < -0.39 is 0 Å². The minimum Gasteiger partial charge on any atom is -0.466 e. The average molecular weight is 448 g/mol. The van der Waals surface area contributed by atoms with Gasteiger partial charge in [-0.05, 0) is 50.3 Å². The van der Waals surface area contributed by atoms with Crippen molar-refractivity contribution in [2.24, 2.45) is 5.92 Å². The van der Waals surface area contributed by atoms with E-state index in [1.165, 1.54) is 0 Å². The third-order valence-corrected chi connectivity index (χ3v) is 6.33. The molecule has 1 unspecified atom stereocenters. The standard InChI is InChI=1S/C24H37N3O5/c1-4-32-23(28)19-6-5-13-27(17-19)24(29)26-14-11-21(12-15-26)25-20-9-7-18(8-10-20)16-22(30-2)31-3/h7-10,19,21-22,25H,4-6,11-17H2,1-3H3. The van der Waals surface area contributed by atoms with Gasteiger partial charge in [-0.2, -0.15) is 0 Å². The van der Waals surface area contributed by atoms with Gasteiger partial charge < -0.3 is 29.3 Å². The van der Waals surface area contributed by atoms with Crippen LogP contribution < -0.4 is 5.32 Å². The Morgan fingerprint density at radius 3 is 2.34 bits per heavy atom. The van der Waals surface area contributed by atoms with Crippen molar-refractivity contribution in [3.8, 4) is 0 Å². The Morgan fingerprint density at radius 2 is 1.72 bits per heavy atom. The summed E-state index contributed by atoms with van der Waals surface area (Å²) in [6.07, 6.45) is 3.92. The first-order chi connectivity index (χ1) is 15.5. The lowest BCUT2D eigenvalue weighted by Crippen LogP contribution is -2.52. The number of ether oxygens (including phenoxy) is 3. The first-order valence-electron chi connectivity index (χ1n) is 11.7. The second-order valence-electron chi connectivity index (χ2n) is 8.53. The molecule has 2 saturated heterocycles. The molecule has 1 aromatic carbocycles. The molecule has 2 aliphatic rings. The Kier molecular flexibility index (Phi) is 9.17. The van der Waals surface area contributed by atoms with Crippen LogP contribution in [0.15, 0.2) is 24.3 Å². The monoisotopic (exact) mass is 447 g/mol. The highest BCUT2D eigenvalue weighted by atomic mass is 16.7. The van der Waals surface area contributed by atoms with Crippen molar-refractivity contribution in [3.05, 3.63) is 29.8 Å². The maximum absolute atomic E-state index is 13.0. The summed E-state index contributed by atoms with van der Waals surface area (Å²) in [5.41, 5.74) is 2.24. The van der Waals surface area contributed by atoms with E-state index in [1.54, 1.807) is 14.2 Å². The van der Waals surface area contributed by atoms with Gasteiger partial charge in [0, 0.05) is 58.5 Å². The Morgan fingerprint density at radius 1 is 1.03 bits per heavy atom. The van der Waals surface area contributed by atoms with Crippen LogP contribution in [-0.2, 0) is 25.4 Å². The van der Waals surface area contributed by atoms with Crippen LogP contribution in [0, 0.1) is 5.92 Å². The van der Waals surface area contributed by atoms with Crippen molar-refractivity contribution < 1.29 is 23.8 Å². The van der Waals surface area contributed by atoms with Crippen molar-refractivity contribution >= 4 is 17.7 Å². The summed E-state index contributed by atoms with van der Waals surface area (Å²) >= 11 is 0. The minimum absolute atomic E-state index is 0.0487. The Balaban J connectivity index is 1.44. The molecule has 3 rings (SSSR count). The van der Waals surface area contributed by atoms with Gasteiger partial charge in [-0.1, -0.05) is 12.1 Å². The van der Waals surface area contributed by atoms with Gasteiger partial charge in [0.25, 0.3) is 0 Å². The molecule has 2 aliphatic heterocycles. The predicted octanol–water partition coefficient (Wildman–Crippen LogP) is 3.12. The highest BCUT2D eigenvalue weighted by Crippen LogP contribution is 2.22. The van der Waals surface area contributed by atoms with E-state index in [2.05, 4.69) is 29.6 Å². The molecule has 32 heavy (non-hydrogen) atoms. The maximum Gasteiger partial charge on any atom is 0.320 e. The zero-order chi connectivity index (χ0) is 22.9. The molecular weight excluding hydrogens is 410 g/mol. The smallest absolute Gasteiger partial charge is 0.320 e. The number of nitrogens with zero attached hydrogens (tertiary/aromatic N) is 2.